The minimum absolute atomic E-state index is 0.00179. The Morgan fingerprint density at radius 3 is 2.59 bits per heavy atom. The third kappa shape index (κ3) is 3.86. The summed E-state index contributed by atoms with van der Waals surface area (Å²) in [5.41, 5.74) is -0.470. The van der Waals surface area contributed by atoms with E-state index in [0.29, 0.717) is 11.5 Å². The Labute approximate surface area is 169 Å². The van der Waals surface area contributed by atoms with E-state index in [4.69, 9.17) is 9.15 Å². The van der Waals surface area contributed by atoms with Gasteiger partial charge < -0.3 is 19.4 Å². The molecule has 1 N–H and O–H groups in total. The van der Waals surface area contributed by atoms with Crippen molar-refractivity contribution in [2.75, 3.05) is 6.54 Å². The maximum absolute atomic E-state index is 13.2. The molecular formula is C22H25FN2O4. The van der Waals surface area contributed by atoms with E-state index in [0.717, 1.165) is 37.9 Å². The van der Waals surface area contributed by atoms with E-state index in [-0.39, 0.29) is 30.7 Å². The number of β-lactam (4-membered cyclic amide) rings is 1. The number of hydrogen-bond donors (Lipinski definition) is 1. The van der Waals surface area contributed by atoms with Crippen LogP contribution in [0, 0.1) is 12.7 Å². The average Bonchev–Trinajstić information content (AvgIpc) is 3.15. The molecule has 1 unspecified atom stereocenters. The zero-order valence-corrected chi connectivity index (χ0v) is 16.4. The van der Waals surface area contributed by atoms with Gasteiger partial charge in [-0.25, -0.2) is 4.39 Å². The van der Waals surface area contributed by atoms with Crippen LogP contribution in [0.1, 0.15) is 43.6 Å². The molecule has 2 heterocycles. The fourth-order valence-electron chi connectivity index (χ4n) is 4.37. The second kappa shape index (κ2) is 7.89. The van der Waals surface area contributed by atoms with Gasteiger partial charge in [-0.15, -0.1) is 0 Å². The molecule has 29 heavy (non-hydrogen) atoms. The quantitative estimate of drug-likeness (QED) is 0.755. The predicted molar refractivity (Wildman–Crippen MR) is 104 cm³/mol. The first-order valence-electron chi connectivity index (χ1n) is 10.0. The number of rotatable bonds is 6. The summed E-state index contributed by atoms with van der Waals surface area (Å²) < 4.78 is 24.6. The Hall–Kier alpha value is -2.83. The van der Waals surface area contributed by atoms with Crippen LogP contribution >= 0.6 is 0 Å². The summed E-state index contributed by atoms with van der Waals surface area (Å²) in [6.07, 6.45) is 4.05. The fraction of sp³-hybridized carbons (Fsp3) is 0.455. The number of benzene rings is 1. The Morgan fingerprint density at radius 2 is 1.93 bits per heavy atom. The molecule has 2 aliphatic rings. The van der Waals surface area contributed by atoms with Gasteiger partial charge in [0.2, 0.25) is 5.91 Å². The number of likely N-dealkylation sites (tertiary alicyclic amines) is 1. The van der Waals surface area contributed by atoms with E-state index < -0.39 is 11.6 Å². The van der Waals surface area contributed by atoms with E-state index in [1.807, 2.05) is 19.1 Å². The van der Waals surface area contributed by atoms with Crippen molar-refractivity contribution >= 4 is 11.8 Å². The molecule has 6 nitrogen and oxygen atoms in total. The van der Waals surface area contributed by atoms with Gasteiger partial charge in [0, 0.05) is 0 Å². The van der Waals surface area contributed by atoms with Gasteiger partial charge in [-0.3, -0.25) is 9.59 Å². The number of nitrogens with zero attached hydrogens (tertiary/aromatic N) is 1. The zero-order chi connectivity index (χ0) is 20.4. The molecule has 1 spiro atoms. The number of carbonyl (C=O) groups is 2. The molecule has 1 aromatic carbocycles. The number of furan rings is 1. The molecule has 1 saturated heterocycles. The van der Waals surface area contributed by atoms with Gasteiger partial charge in [0.15, 0.2) is 6.10 Å². The first-order valence-corrected chi connectivity index (χ1v) is 10.0. The molecule has 1 atom stereocenters. The van der Waals surface area contributed by atoms with Crippen LogP contribution in [0.15, 0.2) is 40.8 Å². The third-order valence-electron chi connectivity index (χ3n) is 5.86. The van der Waals surface area contributed by atoms with Crippen LogP contribution in [-0.2, 0) is 16.1 Å². The molecule has 154 valence electrons. The van der Waals surface area contributed by atoms with Crippen molar-refractivity contribution in [3.63, 3.8) is 0 Å². The minimum atomic E-state index is -0.631. The normalized spacial score (nSPS) is 20.4. The van der Waals surface area contributed by atoms with Crippen molar-refractivity contribution in [3.8, 4) is 5.75 Å². The van der Waals surface area contributed by atoms with Crippen LogP contribution in [0.25, 0.3) is 0 Å². The smallest absolute Gasteiger partial charge is 0.267 e. The van der Waals surface area contributed by atoms with E-state index in [1.54, 1.807) is 4.90 Å². The maximum atomic E-state index is 13.2. The van der Waals surface area contributed by atoms with Gasteiger partial charge in [0.25, 0.3) is 5.91 Å². The lowest BCUT2D eigenvalue weighted by molar-refractivity contribution is -0.187. The van der Waals surface area contributed by atoms with E-state index in [2.05, 4.69) is 5.32 Å². The Bertz CT molecular complexity index is 886. The number of nitrogens with one attached hydrogen (secondary N) is 1. The third-order valence-corrected chi connectivity index (χ3v) is 5.86. The van der Waals surface area contributed by atoms with Crippen molar-refractivity contribution in [1.29, 1.82) is 0 Å². The van der Waals surface area contributed by atoms with Crippen LogP contribution in [0.2, 0.25) is 0 Å². The maximum Gasteiger partial charge on any atom is 0.267 e. The van der Waals surface area contributed by atoms with Crippen LogP contribution in [0.3, 0.4) is 0 Å². The number of halogens is 1. The van der Waals surface area contributed by atoms with Crippen molar-refractivity contribution in [2.24, 2.45) is 0 Å². The van der Waals surface area contributed by atoms with Crippen LogP contribution in [0.4, 0.5) is 4.39 Å². The molecule has 1 aliphatic heterocycles. The average molecular weight is 400 g/mol. The first-order chi connectivity index (χ1) is 14.0. The van der Waals surface area contributed by atoms with E-state index in [1.165, 1.54) is 24.3 Å². The predicted octanol–water partition coefficient (Wildman–Crippen LogP) is 3.34. The zero-order valence-electron chi connectivity index (χ0n) is 16.4. The van der Waals surface area contributed by atoms with E-state index in [9.17, 15) is 14.0 Å². The molecule has 0 radical (unpaired) electrons. The summed E-state index contributed by atoms with van der Waals surface area (Å²) >= 11 is 0. The summed E-state index contributed by atoms with van der Waals surface area (Å²) in [4.78, 5) is 27.0. The van der Waals surface area contributed by atoms with Crippen LogP contribution in [0.5, 0.6) is 5.75 Å². The number of aryl methyl sites for hydroxylation is 1. The van der Waals surface area contributed by atoms with Gasteiger partial charge in [-0.2, -0.15) is 0 Å². The van der Waals surface area contributed by atoms with Crippen molar-refractivity contribution in [3.05, 3.63) is 53.7 Å². The number of amides is 2. The number of ether oxygens (including phenoxy) is 1. The lowest BCUT2D eigenvalue weighted by Crippen LogP contribution is -2.77. The fourth-order valence-corrected chi connectivity index (χ4v) is 4.37. The molecule has 4 rings (SSSR count). The standard InChI is InChI=1S/C22H25FN2O4/c1-15-5-8-18(28-15)13-24-19(26)14-25-21(27)20(22(25)11-3-2-4-12-22)29-17-9-6-16(23)7-10-17/h5-10,20H,2-4,11-14H2,1H3,(H,24,26). The summed E-state index contributed by atoms with van der Waals surface area (Å²) in [5.74, 6) is 1.16. The molecule has 1 saturated carbocycles. The van der Waals surface area contributed by atoms with Crippen molar-refractivity contribution in [1.82, 2.24) is 10.2 Å². The summed E-state index contributed by atoms with van der Waals surface area (Å²) in [7, 11) is 0. The van der Waals surface area contributed by atoms with Crippen molar-refractivity contribution in [2.45, 2.75) is 57.2 Å². The van der Waals surface area contributed by atoms with Gasteiger partial charge >= 0.3 is 0 Å². The molecule has 7 heteroatoms. The highest BCUT2D eigenvalue weighted by Gasteiger charge is 2.62. The summed E-state index contributed by atoms with van der Waals surface area (Å²) in [6.45, 7) is 2.14. The molecule has 0 bridgehead atoms. The molecular weight excluding hydrogens is 375 g/mol. The Morgan fingerprint density at radius 1 is 1.21 bits per heavy atom. The summed E-state index contributed by atoms with van der Waals surface area (Å²) in [6, 6.07) is 9.34. The highest BCUT2D eigenvalue weighted by molar-refractivity contribution is 5.94. The van der Waals surface area contributed by atoms with Crippen LogP contribution in [-0.4, -0.2) is 34.9 Å². The highest BCUT2D eigenvalue weighted by atomic mass is 19.1. The number of hydrogen-bond acceptors (Lipinski definition) is 4. The molecule has 2 aromatic rings. The van der Waals surface area contributed by atoms with Crippen LogP contribution < -0.4 is 10.1 Å². The second-order valence-corrected chi connectivity index (χ2v) is 7.83. The minimum Gasteiger partial charge on any atom is -0.478 e. The van der Waals surface area contributed by atoms with Gasteiger partial charge in [-0.1, -0.05) is 19.3 Å². The molecule has 2 fully saturated rings. The second-order valence-electron chi connectivity index (χ2n) is 7.83. The largest absolute Gasteiger partial charge is 0.478 e. The van der Waals surface area contributed by atoms with Gasteiger partial charge in [0.05, 0.1) is 12.1 Å². The van der Waals surface area contributed by atoms with Gasteiger partial charge in [-0.05, 0) is 56.2 Å². The monoisotopic (exact) mass is 400 g/mol. The van der Waals surface area contributed by atoms with E-state index >= 15 is 0 Å². The summed E-state index contributed by atoms with van der Waals surface area (Å²) in [5, 5.41) is 2.82. The lowest BCUT2D eigenvalue weighted by Gasteiger charge is -2.58. The van der Waals surface area contributed by atoms with Crippen molar-refractivity contribution < 1.29 is 23.1 Å². The number of carbonyl (C=O) groups excluding carboxylic acids is 2. The Kier molecular flexibility index (Phi) is 5.30. The lowest BCUT2D eigenvalue weighted by atomic mass is 9.70. The van der Waals surface area contributed by atoms with Gasteiger partial charge in [0.1, 0.15) is 29.6 Å². The Balaban J connectivity index is 1.42. The first kappa shape index (κ1) is 19.5. The highest BCUT2D eigenvalue weighted by Crippen LogP contribution is 2.45. The molecule has 1 aromatic heterocycles. The SMILES string of the molecule is Cc1ccc(CNC(=O)CN2C(=O)C(Oc3ccc(F)cc3)C23CCCCC3)o1. The molecule has 2 amide bonds. The molecule has 1 aliphatic carbocycles. The topological polar surface area (TPSA) is 71.8 Å².